The van der Waals surface area contributed by atoms with Gasteiger partial charge in [0.25, 0.3) is 11.8 Å². The zero-order valence-corrected chi connectivity index (χ0v) is 14.6. The van der Waals surface area contributed by atoms with Crippen molar-refractivity contribution in [1.82, 2.24) is 5.01 Å². The molecular formula is C22H18N2O3. The summed E-state index contributed by atoms with van der Waals surface area (Å²) in [5.74, 6) is -0.435. The fraction of sp³-hybridized carbons (Fsp3) is 0.318. The van der Waals surface area contributed by atoms with E-state index in [4.69, 9.17) is 0 Å². The van der Waals surface area contributed by atoms with E-state index in [9.17, 15) is 14.7 Å². The molecule has 2 aromatic carbocycles. The van der Waals surface area contributed by atoms with Gasteiger partial charge >= 0.3 is 0 Å². The number of hydrogen-bond donors (Lipinski definition) is 1. The van der Waals surface area contributed by atoms with Gasteiger partial charge in [0.2, 0.25) is 0 Å². The quantitative estimate of drug-likeness (QED) is 0.510. The molecule has 2 aromatic rings. The lowest BCUT2D eigenvalue weighted by molar-refractivity contribution is -0.141. The third kappa shape index (κ3) is 1.77. The molecule has 1 N–H and O–H groups in total. The van der Waals surface area contributed by atoms with Crippen LogP contribution in [0.3, 0.4) is 0 Å². The van der Waals surface area contributed by atoms with Crippen LogP contribution in [0.4, 0.5) is 0 Å². The number of allylic oxidation sites excluding steroid dienone is 2. The van der Waals surface area contributed by atoms with Crippen molar-refractivity contribution in [1.29, 1.82) is 0 Å². The summed E-state index contributed by atoms with van der Waals surface area (Å²) in [5.41, 5.74) is 0.704. The van der Waals surface area contributed by atoms with Crippen molar-refractivity contribution in [2.45, 2.75) is 12.8 Å². The number of nitrogens with zero attached hydrogens (tertiary/aromatic N) is 2. The van der Waals surface area contributed by atoms with Crippen molar-refractivity contribution in [2.24, 2.45) is 34.2 Å². The van der Waals surface area contributed by atoms with E-state index < -0.39 is 0 Å². The first-order chi connectivity index (χ1) is 13.1. The molecule has 4 aliphatic rings. The first-order valence-corrected chi connectivity index (χ1v) is 9.43. The van der Waals surface area contributed by atoms with Crippen LogP contribution in [0, 0.1) is 29.1 Å². The minimum Gasteiger partial charge on any atom is -0.507 e. The highest BCUT2D eigenvalue weighted by atomic mass is 16.3. The number of rotatable bonds is 2. The predicted molar refractivity (Wildman–Crippen MR) is 99.8 cm³/mol. The molecule has 4 atom stereocenters. The van der Waals surface area contributed by atoms with Crippen LogP contribution in [-0.4, -0.2) is 28.1 Å². The number of carbonyl (C=O) groups excluding carboxylic acids is 2. The zero-order valence-electron chi connectivity index (χ0n) is 14.6. The number of phenolic OH excluding ortho intramolecular Hbond substituents is 1. The van der Waals surface area contributed by atoms with E-state index in [2.05, 4.69) is 17.3 Å². The van der Waals surface area contributed by atoms with Gasteiger partial charge in [0.1, 0.15) is 5.75 Å². The fourth-order valence-electron chi connectivity index (χ4n) is 5.71. The van der Waals surface area contributed by atoms with Gasteiger partial charge in [-0.25, -0.2) is 0 Å². The van der Waals surface area contributed by atoms with Crippen LogP contribution in [0.5, 0.6) is 5.75 Å². The molecule has 2 saturated carbocycles. The summed E-state index contributed by atoms with van der Waals surface area (Å²) in [6.07, 6.45) is 7.98. The van der Waals surface area contributed by atoms with Crippen molar-refractivity contribution in [2.75, 3.05) is 0 Å². The molecule has 5 nitrogen and oxygen atoms in total. The largest absolute Gasteiger partial charge is 0.507 e. The average molecular weight is 358 g/mol. The van der Waals surface area contributed by atoms with Crippen LogP contribution < -0.4 is 0 Å². The molecular weight excluding hydrogens is 340 g/mol. The van der Waals surface area contributed by atoms with Gasteiger partial charge < -0.3 is 5.11 Å². The van der Waals surface area contributed by atoms with Crippen molar-refractivity contribution in [3.8, 4) is 5.75 Å². The monoisotopic (exact) mass is 358 g/mol. The minimum absolute atomic E-state index is 0.0791. The van der Waals surface area contributed by atoms with E-state index >= 15 is 0 Å². The second-order valence-electron chi connectivity index (χ2n) is 8.17. The van der Waals surface area contributed by atoms with Gasteiger partial charge in [0, 0.05) is 5.56 Å². The first-order valence-electron chi connectivity index (χ1n) is 9.43. The van der Waals surface area contributed by atoms with Gasteiger partial charge in [0.15, 0.2) is 0 Å². The van der Waals surface area contributed by atoms with Crippen molar-refractivity contribution in [3.05, 3.63) is 54.1 Å². The molecule has 1 aliphatic heterocycles. The Bertz CT molecular complexity index is 1050. The fourth-order valence-corrected chi connectivity index (χ4v) is 5.71. The predicted octanol–water partition coefficient (Wildman–Crippen LogP) is 3.08. The number of fused-ring (bicyclic) bond motifs is 4. The molecule has 6 rings (SSSR count). The highest BCUT2D eigenvalue weighted by Crippen LogP contribution is 2.73. The number of hydrazone groups is 1. The van der Waals surface area contributed by atoms with Crippen LogP contribution in [-0.2, 0) is 9.59 Å². The highest BCUT2D eigenvalue weighted by Gasteiger charge is 2.73. The van der Waals surface area contributed by atoms with Gasteiger partial charge in [-0.15, -0.1) is 0 Å². The maximum absolute atomic E-state index is 13.0. The molecule has 1 heterocycles. The number of phenols is 1. The van der Waals surface area contributed by atoms with E-state index in [1.165, 1.54) is 6.21 Å². The van der Waals surface area contributed by atoms with E-state index in [0.29, 0.717) is 5.56 Å². The highest BCUT2D eigenvalue weighted by molar-refractivity contribution is 6.08. The molecule has 3 aliphatic carbocycles. The third-order valence-corrected chi connectivity index (χ3v) is 7.08. The Morgan fingerprint density at radius 3 is 2.33 bits per heavy atom. The average Bonchev–Trinajstić information content (AvgIpc) is 3.28. The number of benzene rings is 2. The molecule has 1 spiro atoms. The van der Waals surface area contributed by atoms with Gasteiger partial charge in [-0.05, 0) is 46.9 Å². The number of aromatic hydroxyl groups is 1. The molecule has 2 unspecified atom stereocenters. The first kappa shape index (κ1) is 15.1. The Morgan fingerprint density at radius 1 is 1.00 bits per heavy atom. The SMILES string of the molecule is O=C1C2C(C(=O)N1/N=C/c1c(O)ccc3ccccc13)[C@@H]1C=C[C@H]2C12CC2. The summed E-state index contributed by atoms with van der Waals surface area (Å²) in [4.78, 5) is 25.9. The van der Waals surface area contributed by atoms with E-state index in [0.717, 1.165) is 28.6 Å². The Kier molecular flexibility index (Phi) is 2.72. The standard InChI is InChI=1S/C22H18N2O3/c25-17-8-5-12-3-1-2-4-13(12)14(17)11-23-24-20(26)18-15-6-7-16(19(18)21(24)27)22(15)9-10-22/h1-8,11,15-16,18-19,25H,9-10H2/b23-11+/t15-,16+,18?,19?. The topological polar surface area (TPSA) is 70.0 Å². The molecule has 0 radical (unpaired) electrons. The molecule has 5 heteroatoms. The van der Waals surface area contributed by atoms with Crippen LogP contribution >= 0.6 is 0 Å². The third-order valence-electron chi connectivity index (χ3n) is 7.08. The molecule has 2 bridgehead atoms. The minimum atomic E-state index is -0.256. The van der Waals surface area contributed by atoms with Crippen molar-refractivity contribution < 1.29 is 14.7 Å². The smallest absolute Gasteiger partial charge is 0.254 e. The number of hydrogen-bond acceptors (Lipinski definition) is 4. The Balaban J connectivity index is 1.37. The summed E-state index contributed by atoms with van der Waals surface area (Å²) >= 11 is 0. The van der Waals surface area contributed by atoms with E-state index in [1.807, 2.05) is 30.3 Å². The molecule has 3 fully saturated rings. The molecule has 27 heavy (non-hydrogen) atoms. The van der Waals surface area contributed by atoms with E-state index in [1.54, 1.807) is 6.07 Å². The van der Waals surface area contributed by atoms with Crippen LogP contribution in [0.2, 0.25) is 0 Å². The van der Waals surface area contributed by atoms with Crippen LogP contribution in [0.1, 0.15) is 18.4 Å². The summed E-state index contributed by atoms with van der Waals surface area (Å²) in [7, 11) is 0. The summed E-state index contributed by atoms with van der Waals surface area (Å²) < 4.78 is 0. The maximum atomic E-state index is 13.0. The Labute approximate surface area is 156 Å². The Hall–Kier alpha value is -2.95. The summed E-state index contributed by atoms with van der Waals surface area (Å²) in [5, 5.41) is 17.3. The Morgan fingerprint density at radius 2 is 1.67 bits per heavy atom. The normalized spacial score (nSPS) is 32.4. The van der Waals surface area contributed by atoms with E-state index in [-0.39, 0.29) is 46.7 Å². The molecule has 2 amide bonds. The lowest BCUT2D eigenvalue weighted by atomic mass is 9.85. The maximum Gasteiger partial charge on any atom is 0.254 e. The summed E-state index contributed by atoms with van der Waals surface area (Å²) in [6, 6.07) is 11.1. The number of carbonyl (C=O) groups is 2. The number of imide groups is 1. The van der Waals surface area contributed by atoms with Gasteiger partial charge in [-0.2, -0.15) is 10.1 Å². The van der Waals surface area contributed by atoms with Crippen LogP contribution in [0.25, 0.3) is 10.8 Å². The van der Waals surface area contributed by atoms with Crippen LogP contribution in [0.15, 0.2) is 53.7 Å². The second-order valence-corrected chi connectivity index (χ2v) is 8.17. The molecule has 0 aromatic heterocycles. The summed E-state index contributed by atoms with van der Waals surface area (Å²) in [6.45, 7) is 0. The van der Waals surface area contributed by atoms with Crippen molar-refractivity contribution in [3.63, 3.8) is 0 Å². The lowest BCUT2D eigenvalue weighted by Gasteiger charge is -2.18. The zero-order chi connectivity index (χ0) is 18.3. The number of amides is 2. The molecule has 1 saturated heterocycles. The van der Waals surface area contributed by atoms with Crippen molar-refractivity contribution >= 4 is 28.8 Å². The second kappa shape index (κ2) is 4.85. The van der Waals surface area contributed by atoms with Gasteiger partial charge in [0.05, 0.1) is 18.1 Å². The molecule has 134 valence electrons. The van der Waals surface area contributed by atoms with Gasteiger partial charge in [-0.1, -0.05) is 42.5 Å². The lowest BCUT2D eigenvalue weighted by Crippen LogP contribution is -2.30. The van der Waals surface area contributed by atoms with Gasteiger partial charge in [-0.3, -0.25) is 9.59 Å².